The van der Waals surface area contributed by atoms with E-state index in [0.29, 0.717) is 22.9 Å². The van der Waals surface area contributed by atoms with Crippen LogP contribution in [0.25, 0.3) is 0 Å². The molecule has 1 N–H and O–H groups in total. The molecular weight excluding hydrogens is 218 g/mol. The van der Waals surface area contributed by atoms with Gasteiger partial charge in [0.1, 0.15) is 11.8 Å². The number of hydrogen-bond acceptors (Lipinski definition) is 4. The summed E-state index contributed by atoms with van der Waals surface area (Å²) >= 11 is 0. The summed E-state index contributed by atoms with van der Waals surface area (Å²) in [6.45, 7) is 1.87. The zero-order chi connectivity index (χ0) is 12.3. The SMILES string of the molecule is COc1ccc(C#N)c(Oc2cc(C)[nH]n2)c1. The Kier molecular flexibility index (Phi) is 2.97. The van der Waals surface area contributed by atoms with Crippen LogP contribution in [0.4, 0.5) is 0 Å². The van der Waals surface area contributed by atoms with Crippen molar-refractivity contribution in [2.75, 3.05) is 7.11 Å². The maximum Gasteiger partial charge on any atom is 0.238 e. The summed E-state index contributed by atoms with van der Waals surface area (Å²) in [4.78, 5) is 0. The summed E-state index contributed by atoms with van der Waals surface area (Å²) < 4.78 is 10.6. The molecule has 0 aliphatic rings. The lowest BCUT2D eigenvalue weighted by molar-refractivity contribution is 0.407. The molecular formula is C12H11N3O2. The van der Waals surface area contributed by atoms with Crippen LogP contribution in [-0.2, 0) is 0 Å². The predicted molar refractivity (Wildman–Crippen MR) is 61.1 cm³/mol. The molecule has 0 saturated carbocycles. The molecule has 1 aromatic heterocycles. The molecule has 0 fully saturated rings. The number of aromatic amines is 1. The number of nitrogens with one attached hydrogen (secondary N) is 1. The van der Waals surface area contributed by atoms with Gasteiger partial charge in [0.25, 0.3) is 0 Å². The maximum absolute atomic E-state index is 8.97. The molecule has 86 valence electrons. The minimum Gasteiger partial charge on any atom is -0.497 e. The minimum atomic E-state index is 0.423. The molecule has 2 rings (SSSR count). The van der Waals surface area contributed by atoms with Crippen molar-refractivity contribution < 1.29 is 9.47 Å². The maximum atomic E-state index is 8.97. The van der Waals surface area contributed by atoms with E-state index in [9.17, 15) is 0 Å². The summed E-state index contributed by atoms with van der Waals surface area (Å²) in [7, 11) is 1.56. The topological polar surface area (TPSA) is 70.9 Å². The van der Waals surface area contributed by atoms with E-state index in [-0.39, 0.29) is 0 Å². The van der Waals surface area contributed by atoms with Gasteiger partial charge < -0.3 is 9.47 Å². The fourth-order valence-corrected chi connectivity index (χ4v) is 1.36. The van der Waals surface area contributed by atoms with Crippen LogP contribution in [0, 0.1) is 18.3 Å². The number of methoxy groups -OCH3 is 1. The van der Waals surface area contributed by atoms with Crippen molar-refractivity contribution in [1.82, 2.24) is 10.2 Å². The Labute approximate surface area is 98.6 Å². The Morgan fingerprint density at radius 2 is 2.18 bits per heavy atom. The summed E-state index contributed by atoms with van der Waals surface area (Å²) in [5.74, 6) is 1.48. The van der Waals surface area contributed by atoms with Crippen LogP contribution in [0.2, 0.25) is 0 Å². The first-order valence-corrected chi connectivity index (χ1v) is 5.01. The van der Waals surface area contributed by atoms with E-state index in [2.05, 4.69) is 16.3 Å². The van der Waals surface area contributed by atoms with Crippen molar-refractivity contribution in [3.05, 3.63) is 35.5 Å². The number of rotatable bonds is 3. The number of nitrogens with zero attached hydrogens (tertiary/aromatic N) is 2. The summed E-state index contributed by atoms with van der Waals surface area (Å²) in [6, 6.07) is 8.82. The molecule has 0 radical (unpaired) electrons. The first kappa shape index (κ1) is 11.0. The van der Waals surface area contributed by atoms with Gasteiger partial charge in [-0.3, -0.25) is 5.10 Å². The lowest BCUT2D eigenvalue weighted by Gasteiger charge is -2.06. The van der Waals surface area contributed by atoms with Gasteiger partial charge in [0.2, 0.25) is 5.88 Å². The van der Waals surface area contributed by atoms with Gasteiger partial charge in [-0.05, 0) is 19.1 Å². The van der Waals surface area contributed by atoms with E-state index in [1.807, 2.05) is 6.92 Å². The third kappa shape index (κ3) is 2.37. The third-order valence-corrected chi connectivity index (χ3v) is 2.21. The number of benzene rings is 1. The lowest BCUT2D eigenvalue weighted by atomic mass is 10.2. The van der Waals surface area contributed by atoms with E-state index in [0.717, 1.165) is 5.69 Å². The van der Waals surface area contributed by atoms with Crippen LogP contribution in [0.1, 0.15) is 11.3 Å². The molecule has 0 amide bonds. The first-order chi connectivity index (χ1) is 8.22. The Hall–Kier alpha value is -2.48. The van der Waals surface area contributed by atoms with Crippen molar-refractivity contribution in [2.45, 2.75) is 6.92 Å². The third-order valence-electron chi connectivity index (χ3n) is 2.21. The van der Waals surface area contributed by atoms with Crippen LogP contribution >= 0.6 is 0 Å². The second kappa shape index (κ2) is 4.58. The van der Waals surface area contributed by atoms with Crippen molar-refractivity contribution in [3.63, 3.8) is 0 Å². The van der Waals surface area contributed by atoms with Crippen LogP contribution in [0.5, 0.6) is 17.4 Å². The summed E-state index contributed by atoms with van der Waals surface area (Å²) in [5.41, 5.74) is 1.33. The Bertz CT molecular complexity index is 569. The number of nitriles is 1. The molecule has 0 aliphatic heterocycles. The molecule has 0 saturated heterocycles. The number of H-pyrrole nitrogens is 1. The summed E-state index contributed by atoms with van der Waals surface area (Å²) in [5, 5.41) is 15.7. The second-order valence-corrected chi connectivity index (χ2v) is 3.47. The number of aryl methyl sites for hydroxylation is 1. The first-order valence-electron chi connectivity index (χ1n) is 5.01. The highest BCUT2D eigenvalue weighted by atomic mass is 16.5. The van der Waals surface area contributed by atoms with Crippen molar-refractivity contribution in [1.29, 1.82) is 5.26 Å². The normalized spacial score (nSPS) is 9.71. The molecule has 0 unspecified atom stereocenters. The van der Waals surface area contributed by atoms with Crippen LogP contribution in [0.15, 0.2) is 24.3 Å². The van der Waals surface area contributed by atoms with Gasteiger partial charge in [-0.15, -0.1) is 5.10 Å². The van der Waals surface area contributed by atoms with Crippen LogP contribution in [-0.4, -0.2) is 17.3 Å². The Morgan fingerprint density at radius 1 is 1.35 bits per heavy atom. The van der Waals surface area contributed by atoms with Crippen molar-refractivity contribution in [2.24, 2.45) is 0 Å². The zero-order valence-electron chi connectivity index (χ0n) is 9.52. The van der Waals surface area contributed by atoms with E-state index < -0.39 is 0 Å². The smallest absolute Gasteiger partial charge is 0.238 e. The highest BCUT2D eigenvalue weighted by Crippen LogP contribution is 2.28. The van der Waals surface area contributed by atoms with E-state index >= 15 is 0 Å². The predicted octanol–water partition coefficient (Wildman–Crippen LogP) is 2.39. The lowest BCUT2D eigenvalue weighted by Crippen LogP contribution is -1.90. The highest BCUT2D eigenvalue weighted by Gasteiger charge is 2.08. The fraction of sp³-hybridized carbons (Fsp3) is 0.167. The molecule has 1 aromatic carbocycles. The highest BCUT2D eigenvalue weighted by molar-refractivity contribution is 5.48. The van der Waals surface area contributed by atoms with Crippen molar-refractivity contribution >= 4 is 0 Å². The van der Waals surface area contributed by atoms with Gasteiger partial charge in [-0.1, -0.05) is 0 Å². The molecule has 5 heteroatoms. The molecule has 0 atom stereocenters. The van der Waals surface area contributed by atoms with Gasteiger partial charge in [-0.2, -0.15) is 5.26 Å². The van der Waals surface area contributed by atoms with E-state index in [4.69, 9.17) is 14.7 Å². The molecule has 17 heavy (non-hydrogen) atoms. The average Bonchev–Trinajstić information content (AvgIpc) is 2.74. The monoisotopic (exact) mass is 229 g/mol. The van der Waals surface area contributed by atoms with Gasteiger partial charge in [0.05, 0.1) is 12.7 Å². The number of hydrogen-bond donors (Lipinski definition) is 1. The van der Waals surface area contributed by atoms with Crippen LogP contribution < -0.4 is 9.47 Å². The van der Waals surface area contributed by atoms with Gasteiger partial charge in [-0.25, -0.2) is 0 Å². The molecule has 2 aromatic rings. The van der Waals surface area contributed by atoms with Gasteiger partial charge in [0.15, 0.2) is 5.75 Å². The second-order valence-electron chi connectivity index (χ2n) is 3.47. The Morgan fingerprint density at radius 3 is 2.76 bits per heavy atom. The largest absolute Gasteiger partial charge is 0.497 e. The average molecular weight is 229 g/mol. The van der Waals surface area contributed by atoms with Crippen LogP contribution in [0.3, 0.4) is 0 Å². The Balaban J connectivity index is 2.33. The summed E-state index contributed by atoms with van der Waals surface area (Å²) in [6.07, 6.45) is 0. The molecule has 0 bridgehead atoms. The number of ether oxygens (including phenoxy) is 2. The molecule has 0 spiro atoms. The van der Waals surface area contributed by atoms with Gasteiger partial charge >= 0.3 is 0 Å². The molecule has 5 nitrogen and oxygen atoms in total. The van der Waals surface area contributed by atoms with E-state index in [1.54, 1.807) is 31.4 Å². The minimum absolute atomic E-state index is 0.423. The standard InChI is InChI=1S/C12H11N3O2/c1-8-5-12(15-14-8)17-11-6-10(16-2)4-3-9(11)7-13/h3-6H,1-2H3,(H,14,15). The fourth-order valence-electron chi connectivity index (χ4n) is 1.36. The zero-order valence-corrected chi connectivity index (χ0v) is 9.52. The van der Waals surface area contributed by atoms with Crippen molar-refractivity contribution in [3.8, 4) is 23.4 Å². The molecule has 1 heterocycles. The molecule has 0 aliphatic carbocycles. The quantitative estimate of drug-likeness (QED) is 0.877. The van der Waals surface area contributed by atoms with E-state index in [1.165, 1.54) is 0 Å². The number of aromatic nitrogens is 2. The van der Waals surface area contributed by atoms with Gasteiger partial charge in [0, 0.05) is 17.8 Å².